The van der Waals surface area contributed by atoms with E-state index in [1.54, 1.807) is 0 Å². The van der Waals surface area contributed by atoms with Crippen LogP contribution in [0.3, 0.4) is 0 Å². The van der Waals surface area contributed by atoms with Gasteiger partial charge in [0, 0.05) is 0 Å². The highest BCUT2D eigenvalue weighted by atomic mass is 16.1. The van der Waals surface area contributed by atoms with Gasteiger partial charge in [-0.1, -0.05) is 0 Å². The molecule has 0 spiro atoms. The van der Waals surface area contributed by atoms with E-state index >= 15 is 0 Å². The first kappa shape index (κ1) is 4.16. The third-order valence-corrected chi connectivity index (χ3v) is 0.144. The molecule has 25 valence electrons. The summed E-state index contributed by atoms with van der Waals surface area (Å²) in [6.45, 7) is 5.84. The molecular weight excluding hydrogens is 66.0 g/mol. The largest absolute Gasteiger partial charge is 0.308 e. The van der Waals surface area contributed by atoms with Crippen LogP contribution in [0.1, 0.15) is 0 Å². The zero-order chi connectivity index (χ0) is 4.12. The minimum atomic E-state index is -0.125. The standard InChI is InChI=1S/C3H2NO/c1-4-2-3-5/h2H2. The molecule has 0 aromatic carbocycles. The second-order valence-corrected chi connectivity index (χ2v) is 0.461. The Morgan fingerprint density at radius 1 is 2.00 bits per heavy atom. The van der Waals surface area contributed by atoms with Crippen molar-refractivity contribution in [3.05, 3.63) is 11.4 Å². The Kier molecular flexibility index (Phi) is 2.63. The van der Waals surface area contributed by atoms with Gasteiger partial charge in [-0.25, -0.2) is 6.57 Å². The summed E-state index contributed by atoms with van der Waals surface area (Å²) in [4.78, 5) is 11.7. The minimum absolute atomic E-state index is 0.125. The summed E-state index contributed by atoms with van der Waals surface area (Å²) < 4.78 is 0. The summed E-state index contributed by atoms with van der Waals surface area (Å²) in [5.74, 6) is 0. The van der Waals surface area contributed by atoms with Crippen molar-refractivity contribution in [3.8, 4) is 0 Å². The highest BCUT2D eigenvalue weighted by Crippen LogP contribution is 1.50. The average Bonchev–Trinajstić information content (AvgIpc) is 1.41. The first-order valence-electron chi connectivity index (χ1n) is 1.10. The van der Waals surface area contributed by atoms with Crippen molar-refractivity contribution in [1.29, 1.82) is 0 Å². The van der Waals surface area contributed by atoms with Gasteiger partial charge in [-0.05, 0) is 0 Å². The fourth-order valence-electron chi connectivity index (χ4n) is 0.0323. The summed E-state index contributed by atoms with van der Waals surface area (Å²) in [6, 6.07) is 0. The highest BCUT2D eigenvalue weighted by molar-refractivity contribution is 5.55. The molecule has 0 aromatic heterocycles. The molecule has 0 saturated heterocycles. The summed E-state index contributed by atoms with van der Waals surface area (Å²) in [6.07, 6.45) is 1.41. The predicted molar refractivity (Wildman–Crippen MR) is 17.2 cm³/mol. The van der Waals surface area contributed by atoms with Crippen LogP contribution in [0.4, 0.5) is 0 Å². The van der Waals surface area contributed by atoms with Crippen LogP contribution in [0.2, 0.25) is 0 Å². The molecule has 5 heavy (non-hydrogen) atoms. The van der Waals surface area contributed by atoms with Crippen LogP contribution >= 0.6 is 0 Å². The molecule has 0 rings (SSSR count). The van der Waals surface area contributed by atoms with E-state index in [-0.39, 0.29) is 6.54 Å². The zero-order valence-corrected chi connectivity index (χ0v) is 2.56. The molecule has 0 aromatic rings. The van der Waals surface area contributed by atoms with Gasteiger partial charge >= 0.3 is 0 Å². The van der Waals surface area contributed by atoms with Gasteiger partial charge in [0.05, 0.1) is 0 Å². The number of hydrogen-bond donors (Lipinski definition) is 0. The van der Waals surface area contributed by atoms with E-state index in [4.69, 9.17) is 11.4 Å². The molecule has 0 amide bonds. The topological polar surface area (TPSA) is 21.4 Å². The van der Waals surface area contributed by atoms with E-state index in [2.05, 4.69) is 4.85 Å². The van der Waals surface area contributed by atoms with Gasteiger partial charge in [-0.15, -0.1) is 0 Å². The Hall–Kier alpha value is -0.840. The fraction of sp³-hybridized carbons (Fsp3) is 0.333. The summed E-state index contributed by atoms with van der Waals surface area (Å²) in [5.41, 5.74) is 0. The van der Waals surface area contributed by atoms with Gasteiger partial charge in [0.2, 0.25) is 0 Å². The molecule has 0 fully saturated rings. The maximum atomic E-state index is 9.07. The van der Waals surface area contributed by atoms with Crippen LogP contribution in [0.15, 0.2) is 0 Å². The Bertz CT molecular complexity index is 61.8. The molecular formula is C3H2NO. The SMILES string of the molecule is [C-]#[N+]C[C]=O. The van der Waals surface area contributed by atoms with Crippen LogP contribution in [0.5, 0.6) is 0 Å². The third-order valence-electron chi connectivity index (χ3n) is 0.144. The summed E-state index contributed by atoms with van der Waals surface area (Å²) in [5, 5.41) is 0. The van der Waals surface area contributed by atoms with E-state index in [1.807, 2.05) is 0 Å². The van der Waals surface area contributed by atoms with Crippen LogP contribution in [-0.4, -0.2) is 12.8 Å². The zero-order valence-electron chi connectivity index (χ0n) is 2.56. The van der Waals surface area contributed by atoms with E-state index in [0.29, 0.717) is 0 Å². The van der Waals surface area contributed by atoms with Crippen LogP contribution in [0.25, 0.3) is 4.85 Å². The molecule has 2 heteroatoms. The first-order chi connectivity index (χ1) is 2.41. The van der Waals surface area contributed by atoms with Crippen molar-refractivity contribution in [2.45, 2.75) is 0 Å². The second-order valence-electron chi connectivity index (χ2n) is 0.461. The molecule has 0 atom stereocenters. The van der Waals surface area contributed by atoms with Crippen molar-refractivity contribution >= 4 is 6.29 Å². The number of hydrogen-bond acceptors (Lipinski definition) is 1. The molecule has 0 heterocycles. The van der Waals surface area contributed by atoms with Gasteiger partial charge in [0.15, 0.2) is 0 Å². The van der Waals surface area contributed by atoms with Crippen LogP contribution in [0, 0.1) is 6.57 Å². The van der Waals surface area contributed by atoms with Crippen LogP contribution in [-0.2, 0) is 4.79 Å². The Morgan fingerprint density at radius 3 is 2.60 bits per heavy atom. The number of nitrogens with zero attached hydrogens (tertiary/aromatic N) is 1. The maximum absolute atomic E-state index is 9.07. The van der Waals surface area contributed by atoms with E-state index in [9.17, 15) is 0 Å². The van der Waals surface area contributed by atoms with Crippen molar-refractivity contribution < 1.29 is 4.79 Å². The van der Waals surface area contributed by atoms with Gasteiger partial charge < -0.3 is 4.85 Å². The second kappa shape index (κ2) is 3.16. The lowest BCUT2D eigenvalue weighted by Crippen LogP contribution is -1.68. The monoisotopic (exact) mass is 68.0 g/mol. The Labute approximate surface area is 30.2 Å². The molecule has 2 nitrogen and oxygen atoms in total. The molecule has 0 unspecified atom stereocenters. The third kappa shape index (κ3) is 3.16. The lowest BCUT2D eigenvalue weighted by molar-refractivity contribution is 0.558. The molecule has 1 radical (unpaired) electrons. The van der Waals surface area contributed by atoms with Crippen molar-refractivity contribution in [3.63, 3.8) is 0 Å². The van der Waals surface area contributed by atoms with Gasteiger partial charge in [-0.2, -0.15) is 0 Å². The summed E-state index contributed by atoms with van der Waals surface area (Å²) in [7, 11) is 0. The molecule has 0 N–H and O–H groups in total. The highest BCUT2D eigenvalue weighted by Gasteiger charge is 1.69. The number of rotatable bonds is 1. The molecule has 0 aliphatic rings. The minimum Gasteiger partial charge on any atom is -0.308 e. The summed E-state index contributed by atoms with van der Waals surface area (Å²) >= 11 is 0. The lowest BCUT2D eigenvalue weighted by Gasteiger charge is -1.51. The van der Waals surface area contributed by atoms with Crippen molar-refractivity contribution in [2.24, 2.45) is 0 Å². The molecule has 0 bridgehead atoms. The molecule has 0 aliphatic carbocycles. The smallest absolute Gasteiger partial charge is 0.284 e. The van der Waals surface area contributed by atoms with Gasteiger partial charge in [-0.3, -0.25) is 4.79 Å². The van der Waals surface area contributed by atoms with E-state index in [0.717, 1.165) is 0 Å². The van der Waals surface area contributed by atoms with Gasteiger partial charge in [0.25, 0.3) is 12.8 Å². The maximum Gasteiger partial charge on any atom is 0.284 e. The quantitative estimate of drug-likeness (QED) is 0.397. The fourth-order valence-corrected chi connectivity index (χ4v) is 0.0323. The average molecular weight is 68.1 g/mol. The van der Waals surface area contributed by atoms with E-state index < -0.39 is 0 Å². The molecule has 0 saturated carbocycles. The number of carbonyl (C=O) groups excluding carboxylic acids is 1. The van der Waals surface area contributed by atoms with E-state index in [1.165, 1.54) is 6.29 Å². The van der Waals surface area contributed by atoms with Gasteiger partial charge in [0.1, 0.15) is 0 Å². The van der Waals surface area contributed by atoms with Crippen molar-refractivity contribution in [2.75, 3.05) is 6.54 Å². The lowest BCUT2D eigenvalue weighted by atomic mass is 10.8. The Balaban J connectivity index is 2.75. The molecule has 0 aliphatic heterocycles. The normalized spacial score (nSPS) is 5.40. The predicted octanol–water partition coefficient (Wildman–Crippen LogP) is 0.0154. The van der Waals surface area contributed by atoms with Crippen molar-refractivity contribution in [1.82, 2.24) is 0 Å². The first-order valence-corrected chi connectivity index (χ1v) is 1.10. The van der Waals surface area contributed by atoms with Crippen LogP contribution < -0.4 is 0 Å². The Morgan fingerprint density at radius 2 is 2.60 bits per heavy atom.